The molecule has 0 saturated heterocycles. The van der Waals surface area contributed by atoms with Crippen molar-refractivity contribution in [3.63, 3.8) is 0 Å². The van der Waals surface area contributed by atoms with Gasteiger partial charge >= 0.3 is 0 Å². The van der Waals surface area contributed by atoms with Crippen LogP contribution >= 0.6 is 46.4 Å². The molecule has 2 aromatic carbocycles. The zero-order valence-corrected chi connectivity index (χ0v) is 19.1. The largest absolute Gasteiger partial charge is 0.506 e. The fraction of sp³-hybridized carbons (Fsp3) is 0.0455. The number of benzene rings is 2. The normalized spacial score (nSPS) is 11.0. The van der Waals surface area contributed by atoms with Crippen LogP contribution in [0.15, 0.2) is 55.0 Å². The molecule has 0 bridgehead atoms. The van der Waals surface area contributed by atoms with E-state index >= 15 is 0 Å². The summed E-state index contributed by atoms with van der Waals surface area (Å²) in [4.78, 5) is 29.6. The van der Waals surface area contributed by atoms with E-state index in [9.17, 15) is 14.7 Å². The minimum absolute atomic E-state index is 0.0645. The Bertz CT molecular complexity index is 1340. The number of pyridine rings is 1. The summed E-state index contributed by atoms with van der Waals surface area (Å²) in [6, 6.07) is 9.79. The van der Waals surface area contributed by atoms with Crippen LogP contribution in [-0.2, 0) is 11.3 Å². The maximum absolute atomic E-state index is 13.0. The topological polar surface area (TPSA) is 84.2 Å². The number of aromatic hydroxyl groups is 1. The van der Waals surface area contributed by atoms with Gasteiger partial charge in [0, 0.05) is 39.6 Å². The molecule has 2 heterocycles. The van der Waals surface area contributed by atoms with Gasteiger partial charge in [0.1, 0.15) is 5.75 Å². The lowest BCUT2D eigenvalue weighted by atomic mass is 10.1. The number of hydrogen-bond donors (Lipinski definition) is 2. The molecular weight excluding hydrogens is 496 g/mol. The molecule has 0 spiro atoms. The number of Topliss-reactive ketones (excluding diaryl/α,β-unsaturated/α-hetero) is 1. The third-order valence-corrected chi connectivity index (χ3v) is 6.09. The molecule has 0 unspecified atom stereocenters. The van der Waals surface area contributed by atoms with E-state index in [0.717, 1.165) is 0 Å². The number of nitrogens with one attached hydrogen (secondary N) is 1. The van der Waals surface area contributed by atoms with E-state index in [2.05, 4.69) is 10.3 Å². The summed E-state index contributed by atoms with van der Waals surface area (Å²) in [6.07, 6.45) is 4.07. The van der Waals surface area contributed by atoms with Gasteiger partial charge in [0.2, 0.25) is 0 Å². The zero-order valence-electron chi connectivity index (χ0n) is 16.1. The molecular formula is C22H13Cl4N3O3. The van der Waals surface area contributed by atoms with Crippen LogP contribution in [0.3, 0.4) is 0 Å². The lowest BCUT2D eigenvalue weighted by Crippen LogP contribution is -2.23. The van der Waals surface area contributed by atoms with Crippen LogP contribution in [0, 0.1) is 0 Å². The summed E-state index contributed by atoms with van der Waals surface area (Å²) in [5.74, 6) is -1.85. The molecule has 0 radical (unpaired) electrons. The van der Waals surface area contributed by atoms with E-state index in [4.69, 9.17) is 46.4 Å². The van der Waals surface area contributed by atoms with Crippen LogP contribution in [-0.4, -0.2) is 26.3 Å². The standard InChI is InChI=1S/C22H13Cl4N3O3/c23-14-4-2-5-15(24)13(14)10-29-9-12(11-3-1-6-18(30)20(11)29)21(31)22(32)28-19-16(25)7-27-8-17(19)26/h1-9,30H,10H2,(H,27,28,32). The fourth-order valence-corrected chi connectivity index (χ4v) is 4.30. The molecule has 0 saturated carbocycles. The van der Waals surface area contributed by atoms with Crippen LogP contribution in [0.1, 0.15) is 15.9 Å². The Morgan fingerprint density at radius 1 is 0.938 bits per heavy atom. The second-order valence-electron chi connectivity index (χ2n) is 6.81. The predicted molar refractivity (Wildman–Crippen MR) is 126 cm³/mol. The molecule has 0 fully saturated rings. The summed E-state index contributed by atoms with van der Waals surface area (Å²) < 4.78 is 1.62. The fourth-order valence-electron chi connectivity index (χ4n) is 3.32. The second-order valence-corrected chi connectivity index (χ2v) is 8.43. The van der Waals surface area contributed by atoms with Gasteiger partial charge in [-0.05, 0) is 18.2 Å². The van der Waals surface area contributed by atoms with Crippen molar-refractivity contribution in [2.24, 2.45) is 0 Å². The Morgan fingerprint density at radius 2 is 1.56 bits per heavy atom. The van der Waals surface area contributed by atoms with E-state index in [0.29, 0.717) is 26.5 Å². The smallest absolute Gasteiger partial charge is 0.296 e. The Hall–Kier alpha value is -2.77. The molecule has 2 aromatic heterocycles. The molecule has 0 aliphatic carbocycles. The summed E-state index contributed by atoms with van der Waals surface area (Å²) in [5.41, 5.74) is 1.13. The van der Waals surface area contributed by atoms with Crippen molar-refractivity contribution in [2.45, 2.75) is 6.54 Å². The highest BCUT2D eigenvalue weighted by Crippen LogP contribution is 2.33. The zero-order chi connectivity index (χ0) is 23.0. The number of rotatable bonds is 5. The van der Waals surface area contributed by atoms with E-state index in [1.165, 1.54) is 24.7 Å². The molecule has 1 amide bonds. The minimum Gasteiger partial charge on any atom is -0.506 e. The van der Waals surface area contributed by atoms with Crippen molar-refractivity contribution in [3.8, 4) is 5.75 Å². The number of ketones is 1. The number of amides is 1. The molecule has 32 heavy (non-hydrogen) atoms. The molecule has 2 N–H and O–H groups in total. The van der Waals surface area contributed by atoms with Crippen molar-refractivity contribution >= 4 is 74.7 Å². The number of phenolic OH excluding ortho intramolecular Hbond substituents is 1. The molecule has 162 valence electrons. The monoisotopic (exact) mass is 507 g/mol. The maximum atomic E-state index is 13.0. The first-order valence-corrected chi connectivity index (χ1v) is 10.7. The van der Waals surface area contributed by atoms with Crippen LogP contribution < -0.4 is 5.32 Å². The summed E-state index contributed by atoms with van der Waals surface area (Å²) >= 11 is 24.6. The van der Waals surface area contributed by atoms with E-state index in [-0.39, 0.29) is 33.6 Å². The van der Waals surface area contributed by atoms with Crippen molar-refractivity contribution in [2.75, 3.05) is 5.32 Å². The Morgan fingerprint density at radius 3 is 2.22 bits per heavy atom. The van der Waals surface area contributed by atoms with Gasteiger partial charge in [-0.25, -0.2) is 0 Å². The number of nitrogens with zero attached hydrogens (tertiary/aromatic N) is 2. The Labute approximate surface area is 202 Å². The third-order valence-electron chi connectivity index (χ3n) is 4.81. The van der Waals surface area contributed by atoms with Gasteiger partial charge in [0.05, 0.1) is 33.4 Å². The van der Waals surface area contributed by atoms with Crippen LogP contribution in [0.5, 0.6) is 5.75 Å². The SMILES string of the molecule is O=C(Nc1c(Cl)cncc1Cl)C(=O)c1cn(Cc2c(Cl)cccc2Cl)c2c(O)cccc12. The number of halogens is 4. The third kappa shape index (κ3) is 4.14. The lowest BCUT2D eigenvalue weighted by molar-refractivity contribution is -0.112. The van der Waals surface area contributed by atoms with Crippen molar-refractivity contribution in [1.29, 1.82) is 0 Å². The van der Waals surface area contributed by atoms with E-state index < -0.39 is 11.7 Å². The number of carbonyl (C=O) groups excluding carboxylic acids is 2. The lowest BCUT2D eigenvalue weighted by Gasteiger charge is -2.10. The van der Waals surface area contributed by atoms with Crippen molar-refractivity contribution in [1.82, 2.24) is 9.55 Å². The average molecular weight is 509 g/mol. The van der Waals surface area contributed by atoms with Crippen LogP contribution in [0.2, 0.25) is 20.1 Å². The quantitative estimate of drug-likeness (QED) is 0.247. The molecule has 4 rings (SSSR count). The van der Waals surface area contributed by atoms with Gasteiger partial charge in [-0.15, -0.1) is 0 Å². The van der Waals surface area contributed by atoms with Crippen molar-refractivity contribution < 1.29 is 14.7 Å². The van der Waals surface area contributed by atoms with Crippen LogP contribution in [0.25, 0.3) is 10.9 Å². The summed E-state index contributed by atoms with van der Waals surface area (Å²) in [5, 5.41) is 14.3. The maximum Gasteiger partial charge on any atom is 0.296 e. The summed E-state index contributed by atoms with van der Waals surface area (Å²) in [7, 11) is 0. The number of para-hydroxylation sites is 1. The summed E-state index contributed by atoms with van der Waals surface area (Å²) in [6.45, 7) is 0.170. The molecule has 0 aliphatic heterocycles. The molecule has 10 heteroatoms. The van der Waals surface area contributed by atoms with Crippen LogP contribution in [0.4, 0.5) is 5.69 Å². The van der Waals surface area contributed by atoms with Gasteiger partial charge in [-0.3, -0.25) is 14.6 Å². The van der Waals surface area contributed by atoms with Gasteiger partial charge in [0.25, 0.3) is 11.7 Å². The first-order valence-electron chi connectivity index (χ1n) is 9.16. The number of anilines is 1. The minimum atomic E-state index is -0.946. The number of aromatic nitrogens is 2. The average Bonchev–Trinajstić information content (AvgIpc) is 3.12. The molecule has 4 aromatic rings. The van der Waals surface area contributed by atoms with Gasteiger partial charge < -0.3 is 15.0 Å². The Balaban J connectivity index is 1.76. The predicted octanol–water partition coefficient (Wildman–Crippen LogP) is 6.23. The van der Waals surface area contributed by atoms with Gasteiger partial charge in [0.15, 0.2) is 0 Å². The highest BCUT2D eigenvalue weighted by atomic mass is 35.5. The highest BCUT2D eigenvalue weighted by Gasteiger charge is 2.25. The second kappa shape index (κ2) is 9.00. The van der Waals surface area contributed by atoms with E-state index in [1.807, 2.05) is 0 Å². The first kappa shape index (κ1) is 22.4. The van der Waals surface area contributed by atoms with Crippen molar-refractivity contribution in [3.05, 3.63) is 86.2 Å². The number of fused-ring (bicyclic) bond motifs is 1. The number of hydrogen-bond acceptors (Lipinski definition) is 4. The molecule has 0 atom stereocenters. The molecule has 6 nitrogen and oxygen atoms in total. The highest BCUT2D eigenvalue weighted by molar-refractivity contribution is 6.50. The molecule has 0 aliphatic rings. The Kier molecular flexibility index (Phi) is 6.31. The van der Waals surface area contributed by atoms with Gasteiger partial charge in [-0.1, -0.05) is 64.6 Å². The van der Waals surface area contributed by atoms with E-state index in [1.54, 1.807) is 34.9 Å². The first-order chi connectivity index (χ1) is 15.3. The van der Waals surface area contributed by atoms with Gasteiger partial charge in [-0.2, -0.15) is 0 Å². The number of phenols is 1. The number of carbonyl (C=O) groups is 2.